The first-order chi connectivity index (χ1) is 12.7. The number of hydrogen-bond donors (Lipinski definition) is 0. The van der Waals surface area contributed by atoms with E-state index in [1.807, 2.05) is 0 Å². The quantitative estimate of drug-likeness (QED) is 0.423. The van der Waals surface area contributed by atoms with Gasteiger partial charge in [0.15, 0.2) is 0 Å². The zero-order valence-electron chi connectivity index (χ0n) is 17.7. The van der Waals surface area contributed by atoms with E-state index in [0.717, 1.165) is 64.8 Å². The van der Waals surface area contributed by atoms with Crippen LogP contribution in [-0.4, -0.2) is 64.1 Å². The molecule has 26 heavy (non-hydrogen) atoms. The number of unbranched alkanes of at least 4 members (excludes halogenated alkanes) is 3. The maximum Gasteiger partial charge on any atom is 0.112 e. The minimum atomic E-state index is -0.120. The number of rotatable bonds is 14. The van der Waals surface area contributed by atoms with E-state index in [1.54, 1.807) is 7.11 Å². The molecule has 1 aliphatic heterocycles. The molecular formula is C21H42O5. The predicted molar refractivity (Wildman–Crippen MR) is 105 cm³/mol. The highest BCUT2D eigenvalue weighted by molar-refractivity contribution is 4.89. The van der Waals surface area contributed by atoms with Gasteiger partial charge in [-0.25, -0.2) is 0 Å². The fraction of sp³-hybridized carbons (Fsp3) is 1.00. The smallest absolute Gasteiger partial charge is 0.112 e. The first-order valence-electron chi connectivity index (χ1n) is 10.7. The SMILES string of the molecule is CCCCOC[C@H]1O[C@H](C)[C@H](OC)C[C@@H](OCCCC)[C@@H]1OCCCC. The van der Waals surface area contributed by atoms with E-state index in [4.69, 9.17) is 23.7 Å². The average Bonchev–Trinajstić information content (AvgIpc) is 2.76. The van der Waals surface area contributed by atoms with Gasteiger partial charge >= 0.3 is 0 Å². The monoisotopic (exact) mass is 374 g/mol. The maximum atomic E-state index is 6.32. The molecule has 1 rings (SSSR count). The Bertz CT molecular complexity index is 326. The Hall–Kier alpha value is -0.200. The lowest BCUT2D eigenvalue weighted by molar-refractivity contribution is -0.156. The molecule has 1 heterocycles. The van der Waals surface area contributed by atoms with Crippen LogP contribution >= 0.6 is 0 Å². The summed E-state index contributed by atoms with van der Waals surface area (Å²) in [6.45, 7) is 11.4. The Kier molecular flexibility index (Phi) is 13.6. The van der Waals surface area contributed by atoms with Crippen LogP contribution in [0.1, 0.15) is 72.6 Å². The Morgan fingerprint density at radius 3 is 2.08 bits per heavy atom. The van der Waals surface area contributed by atoms with E-state index in [-0.39, 0.29) is 30.5 Å². The van der Waals surface area contributed by atoms with Gasteiger partial charge in [-0.05, 0) is 26.2 Å². The molecule has 0 spiro atoms. The molecule has 5 heteroatoms. The first kappa shape index (κ1) is 23.8. The van der Waals surface area contributed by atoms with E-state index in [1.165, 1.54) is 0 Å². The summed E-state index contributed by atoms with van der Waals surface area (Å²) in [5.74, 6) is 0. The van der Waals surface area contributed by atoms with Gasteiger partial charge in [-0.15, -0.1) is 0 Å². The van der Waals surface area contributed by atoms with Crippen LogP contribution in [0.3, 0.4) is 0 Å². The summed E-state index contributed by atoms with van der Waals surface area (Å²) in [6.07, 6.45) is 7.10. The Morgan fingerprint density at radius 1 is 0.846 bits per heavy atom. The van der Waals surface area contributed by atoms with E-state index < -0.39 is 0 Å². The van der Waals surface area contributed by atoms with Crippen molar-refractivity contribution in [2.24, 2.45) is 0 Å². The lowest BCUT2D eigenvalue weighted by atomic mass is 10.0. The van der Waals surface area contributed by atoms with Crippen LogP contribution in [0, 0.1) is 0 Å². The topological polar surface area (TPSA) is 46.2 Å². The Morgan fingerprint density at radius 2 is 1.46 bits per heavy atom. The van der Waals surface area contributed by atoms with Crippen molar-refractivity contribution in [1.82, 2.24) is 0 Å². The van der Waals surface area contributed by atoms with Crippen molar-refractivity contribution in [1.29, 1.82) is 0 Å². The molecule has 1 fully saturated rings. The van der Waals surface area contributed by atoms with Crippen LogP contribution in [0.15, 0.2) is 0 Å². The van der Waals surface area contributed by atoms with Crippen molar-refractivity contribution in [2.75, 3.05) is 33.5 Å². The third-order valence-electron chi connectivity index (χ3n) is 4.98. The van der Waals surface area contributed by atoms with Crippen LogP contribution in [0.5, 0.6) is 0 Å². The molecule has 0 unspecified atom stereocenters. The zero-order valence-corrected chi connectivity index (χ0v) is 17.7. The average molecular weight is 375 g/mol. The maximum absolute atomic E-state index is 6.32. The van der Waals surface area contributed by atoms with Crippen molar-refractivity contribution in [3.8, 4) is 0 Å². The second-order valence-corrected chi connectivity index (χ2v) is 7.27. The third-order valence-corrected chi connectivity index (χ3v) is 4.98. The van der Waals surface area contributed by atoms with E-state index in [0.29, 0.717) is 6.61 Å². The van der Waals surface area contributed by atoms with Crippen molar-refractivity contribution in [2.45, 2.75) is 103 Å². The van der Waals surface area contributed by atoms with Crippen LogP contribution in [0.2, 0.25) is 0 Å². The van der Waals surface area contributed by atoms with Gasteiger partial charge in [0, 0.05) is 33.4 Å². The second kappa shape index (κ2) is 14.8. The minimum absolute atomic E-state index is 0.00294. The van der Waals surface area contributed by atoms with Gasteiger partial charge < -0.3 is 23.7 Å². The van der Waals surface area contributed by atoms with Crippen molar-refractivity contribution < 1.29 is 23.7 Å². The number of methoxy groups -OCH3 is 1. The first-order valence-corrected chi connectivity index (χ1v) is 10.7. The fourth-order valence-electron chi connectivity index (χ4n) is 3.22. The highest BCUT2D eigenvalue weighted by atomic mass is 16.6. The molecule has 0 aromatic heterocycles. The number of ether oxygens (including phenoxy) is 5. The fourth-order valence-corrected chi connectivity index (χ4v) is 3.22. The van der Waals surface area contributed by atoms with Gasteiger partial charge in [0.05, 0.1) is 24.9 Å². The van der Waals surface area contributed by atoms with Gasteiger partial charge in [-0.2, -0.15) is 0 Å². The second-order valence-electron chi connectivity index (χ2n) is 7.27. The third kappa shape index (κ3) is 8.66. The largest absolute Gasteiger partial charge is 0.379 e. The van der Waals surface area contributed by atoms with Gasteiger partial charge in [-0.1, -0.05) is 40.0 Å². The lowest BCUT2D eigenvalue weighted by Crippen LogP contribution is -2.44. The summed E-state index contributed by atoms with van der Waals surface area (Å²) >= 11 is 0. The molecule has 0 bridgehead atoms. The molecule has 0 aromatic rings. The van der Waals surface area contributed by atoms with E-state index in [9.17, 15) is 0 Å². The molecular weight excluding hydrogens is 332 g/mol. The Labute approximate surface area is 161 Å². The van der Waals surface area contributed by atoms with E-state index in [2.05, 4.69) is 27.7 Å². The summed E-state index contributed by atoms with van der Waals surface area (Å²) in [4.78, 5) is 0. The van der Waals surface area contributed by atoms with Crippen molar-refractivity contribution >= 4 is 0 Å². The van der Waals surface area contributed by atoms with Crippen LogP contribution in [-0.2, 0) is 23.7 Å². The Balaban J connectivity index is 2.82. The molecule has 0 saturated carbocycles. The standard InChI is InChI=1S/C21H42O5/c1-6-9-12-23-16-20-21(25-14-11-8-3)19(24-13-10-7-2)15-18(22-5)17(4)26-20/h17-21H,6-16H2,1-5H3/t17-,18-,19-,20-,21+/m1/s1. The molecule has 0 aliphatic carbocycles. The summed E-state index contributed by atoms with van der Waals surface area (Å²) in [5, 5.41) is 0. The number of hydrogen-bond acceptors (Lipinski definition) is 5. The molecule has 5 atom stereocenters. The van der Waals surface area contributed by atoms with Gasteiger partial charge in [0.2, 0.25) is 0 Å². The normalized spacial score (nSPS) is 29.7. The van der Waals surface area contributed by atoms with Gasteiger partial charge in [0.1, 0.15) is 12.2 Å². The summed E-state index contributed by atoms with van der Waals surface area (Å²) in [7, 11) is 1.75. The zero-order chi connectivity index (χ0) is 19.2. The lowest BCUT2D eigenvalue weighted by Gasteiger charge is -2.31. The van der Waals surface area contributed by atoms with Crippen LogP contribution in [0.4, 0.5) is 0 Å². The summed E-state index contributed by atoms with van der Waals surface area (Å²) in [5.41, 5.74) is 0. The molecule has 0 radical (unpaired) electrons. The van der Waals surface area contributed by atoms with Crippen molar-refractivity contribution in [3.05, 3.63) is 0 Å². The molecule has 0 amide bonds. The van der Waals surface area contributed by atoms with Crippen LogP contribution < -0.4 is 0 Å². The van der Waals surface area contributed by atoms with E-state index >= 15 is 0 Å². The summed E-state index contributed by atoms with van der Waals surface area (Å²) in [6, 6.07) is 0. The minimum Gasteiger partial charge on any atom is -0.379 e. The molecule has 156 valence electrons. The molecule has 1 aliphatic rings. The van der Waals surface area contributed by atoms with Crippen LogP contribution in [0.25, 0.3) is 0 Å². The molecule has 0 N–H and O–H groups in total. The molecule has 5 nitrogen and oxygen atoms in total. The highest BCUT2D eigenvalue weighted by Crippen LogP contribution is 2.27. The predicted octanol–water partition coefficient (Wildman–Crippen LogP) is 4.37. The molecule has 0 aromatic carbocycles. The molecule has 1 saturated heterocycles. The van der Waals surface area contributed by atoms with Crippen molar-refractivity contribution in [3.63, 3.8) is 0 Å². The van der Waals surface area contributed by atoms with Gasteiger partial charge in [0.25, 0.3) is 0 Å². The summed E-state index contributed by atoms with van der Waals surface area (Å²) < 4.78 is 30.4. The van der Waals surface area contributed by atoms with Gasteiger partial charge in [-0.3, -0.25) is 0 Å². The highest BCUT2D eigenvalue weighted by Gasteiger charge is 2.40.